The van der Waals surface area contributed by atoms with Crippen molar-refractivity contribution in [2.75, 3.05) is 19.7 Å². The normalized spacial score (nSPS) is 18.8. The molecule has 0 bridgehead atoms. The largest absolute Gasteiger partial charge is 0.396 e. The van der Waals surface area contributed by atoms with E-state index in [-0.39, 0.29) is 30.7 Å². The summed E-state index contributed by atoms with van der Waals surface area (Å²) in [6.07, 6.45) is 3.78. The Labute approximate surface area is 109 Å². The number of carbonyl (C=O) groups excluding carboxylic acids is 1. The molecule has 1 aliphatic heterocycles. The van der Waals surface area contributed by atoms with Gasteiger partial charge in [0, 0.05) is 38.6 Å². The van der Waals surface area contributed by atoms with Gasteiger partial charge in [-0.15, -0.1) is 0 Å². The molecule has 1 saturated heterocycles. The van der Waals surface area contributed by atoms with Crippen LogP contribution in [0.3, 0.4) is 0 Å². The average Bonchev–Trinajstić information content (AvgIpc) is 3.04. The summed E-state index contributed by atoms with van der Waals surface area (Å²) in [5.74, 6) is -0.0282. The highest BCUT2D eigenvalue weighted by molar-refractivity contribution is 5.76. The Morgan fingerprint density at radius 3 is 3.00 bits per heavy atom. The lowest BCUT2D eigenvalue weighted by Crippen LogP contribution is -2.29. The van der Waals surface area contributed by atoms with Crippen molar-refractivity contribution in [2.24, 2.45) is 5.92 Å². The summed E-state index contributed by atoms with van der Waals surface area (Å²) >= 11 is 0. The first-order chi connectivity index (χ1) is 9.10. The summed E-state index contributed by atoms with van der Waals surface area (Å²) in [4.78, 5) is 27.1. The van der Waals surface area contributed by atoms with Crippen LogP contribution in [-0.4, -0.2) is 50.1 Å². The van der Waals surface area contributed by atoms with Crippen molar-refractivity contribution in [2.45, 2.75) is 19.4 Å². The highest BCUT2D eigenvalue weighted by atomic mass is 16.6. The van der Waals surface area contributed by atoms with Gasteiger partial charge in [-0.25, -0.2) is 0 Å². The molecule has 1 aliphatic rings. The molecule has 104 valence electrons. The molecule has 0 saturated carbocycles. The SMILES string of the molecule is O=C(CCn1cnc([N+](=O)[O-])c1)N1CCC(CO)C1. The van der Waals surface area contributed by atoms with E-state index in [1.807, 2.05) is 0 Å². The maximum absolute atomic E-state index is 11.9. The van der Waals surface area contributed by atoms with E-state index in [0.29, 0.717) is 19.6 Å². The van der Waals surface area contributed by atoms with Gasteiger partial charge >= 0.3 is 5.82 Å². The van der Waals surface area contributed by atoms with Gasteiger partial charge in [-0.05, 0) is 16.3 Å². The molecule has 1 N–H and O–H groups in total. The number of nitrogens with zero attached hydrogens (tertiary/aromatic N) is 4. The molecule has 8 heteroatoms. The third-order valence-corrected chi connectivity index (χ3v) is 3.29. The summed E-state index contributed by atoms with van der Waals surface area (Å²) in [6, 6.07) is 0. The number of rotatable bonds is 5. The number of carbonyl (C=O) groups is 1. The minimum Gasteiger partial charge on any atom is -0.396 e. The van der Waals surface area contributed by atoms with Crippen molar-refractivity contribution in [3.63, 3.8) is 0 Å². The first-order valence-electron chi connectivity index (χ1n) is 6.15. The van der Waals surface area contributed by atoms with Gasteiger partial charge in [-0.1, -0.05) is 0 Å². The number of aliphatic hydroxyl groups is 1. The third kappa shape index (κ3) is 3.28. The number of aliphatic hydroxyl groups excluding tert-OH is 1. The zero-order valence-electron chi connectivity index (χ0n) is 10.4. The molecule has 1 atom stereocenters. The molecular weight excluding hydrogens is 252 g/mol. The molecular formula is C11H16N4O4. The van der Waals surface area contributed by atoms with Crippen molar-refractivity contribution in [3.8, 4) is 0 Å². The average molecular weight is 268 g/mol. The van der Waals surface area contributed by atoms with Crippen molar-refractivity contribution in [1.82, 2.24) is 14.5 Å². The molecule has 0 aliphatic carbocycles. The van der Waals surface area contributed by atoms with Crippen molar-refractivity contribution >= 4 is 11.7 Å². The van der Waals surface area contributed by atoms with E-state index in [4.69, 9.17) is 5.11 Å². The van der Waals surface area contributed by atoms with Gasteiger partial charge in [0.25, 0.3) is 0 Å². The lowest BCUT2D eigenvalue weighted by molar-refractivity contribution is -0.389. The molecule has 19 heavy (non-hydrogen) atoms. The van der Waals surface area contributed by atoms with Gasteiger partial charge < -0.3 is 24.7 Å². The van der Waals surface area contributed by atoms with Crippen LogP contribution in [0.2, 0.25) is 0 Å². The summed E-state index contributed by atoms with van der Waals surface area (Å²) in [5.41, 5.74) is 0. The van der Waals surface area contributed by atoms with Crippen LogP contribution in [0, 0.1) is 16.0 Å². The molecule has 1 unspecified atom stereocenters. The van der Waals surface area contributed by atoms with Crippen LogP contribution in [0.15, 0.2) is 12.5 Å². The molecule has 1 amide bonds. The second-order valence-electron chi connectivity index (χ2n) is 4.65. The monoisotopic (exact) mass is 268 g/mol. The van der Waals surface area contributed by atoms with E-state index in [1.165, 1.54) is 17.1 Å². The van der Waals surface area contributed by atoms with Crippen LogP contribution < -0.4 is 0 Å². The standard InChI is InChI=1S/C11H16N4O4/c16-7-9-1-4-14(5-9)11(17)2-3-13-6-10(12-8-13)15(18)19/h6,8-9,16H,1-5,7H2. The quantitative estimate of drug-likeness (QED) is 0.599. The van der Waals surface area contributed by atoms with Crippen molar-refractivity contribution < 1.29 is 14.8 Å². The topological polar surface area (TPSA) is 102 Å². The fourth-order valence-corrected chi connectivity index (χ4v) is 2.16. The zero-order valence-corrected chi connectivity index (χ0v) is 10.4. The Kier molecular flexibility index (Phi) is 4.10. The van der Waals surface area contributed by atoms with E-state index in [1.54, 1.807) is 4.90 Å². The number of aromatic nitrogens is 2. The fraction of sp³-hybridized carbons (Fsp3) is 0.636. The predicted octanol–water partition coefficient (Wildman–Crippen LogP) is 0.0222. The number of imidazole rings is 1. The molecule has 2 rings (SSSR count). The minimum absolute atomic E-state index is 0.00676. The zero-order chi connectivity index (χ0) is 13.8. The van der Waals surface area contributed by atoms with Crippen molar-refractivity contribution in [3.05, 3.63) is 22.6 Å². The molecule has 1 aromatic rings. The van der Waals surface area contributed by atoms with Crippen LogP contribution >= 0.6 is 0 Å². The molecule has 8 nitrogen and oxygen atoms in total. The van der Waals surface area contributed by atoms with E-state index >= 15 is 0 Å². The van der Waals surface area contributed by atoms with Crippen molar-refractivity contribution in [1.29, 1.82) is 0 Å². The first-order valence-corrected chi connectivity index (χ1v) is 6.15. The Bertz CT molecular complexity index is 473. The number of aryl methyl sites for hydroxylation is 1. The maximum atomic E-state index is 11.9. The first kappa shape index (κ1) is 13.5. The fourth-order valence-electron chi connectivity index (χ4n) is 2.16. The Balaban J connectivity index is 1.81. The Hall–Kier alpha value is -1.96. The van der Waals surface area contributed by atoms with Crippen LogP contribution in [-0.2, 0) is 11.3 Å². The second kappa shape index (κ2) is 5.79. The summed E-state index contributed by atoms with van der Waals surface area (Å²) in [7, 11) is 0. The number of amides is 1. The third-order valence-electron chi connectivity index (χ3n) is 3.29. The molecule has 1 fully saturated rings. The van der Waals surface area contributed by atoms with Gasteiger partial charge in [0.15, 0.2) is 0 Å². The number of likely N-dealkylation sites (tertiary alicyclic amines) is 1. The molecule has 1 aromatic heterocycles. The maximum Gasteiger partial charge on any atom is 0.381 e. The predicted molar refractivity (Wildman–Crippen MR) is 65.3 cm³/mol. The smallest absolute Gasteiger partial charge is 0.381 e. The summed E-state index contributed by atoms with van der Waals surface area (Å²) < 4.78 is 1.54. The summed E-state index contributed by atoms with van der Waals surface area (Å²) in [5, 5.41) is 19.5. The second-order valence-corrected chi connectivity index (χ2v) is 4.65. The highest BCUT2D eigenvalue weighted by Gasteiger charge is 2.25. The van der Waals surface area contributed by atoms with Crippen LogP contribution in [0.4, 0.5) is 5.82 Å². The Morgan fingerprint density at radius 1 is 1.63 bits per heavy atom. The van der Waals surface area contributed by atoms with Gasteiger partial charge in [-0.3, -0.25) is 4.79 Å². The lowest BCUT2D eigenvalue weighted by Gasteiger charge is -2.15. The number of hydrogen-bond acceptors (Lipinski definition) is 5. The van der Waals surface area contributed by atoms with Crippen LogP contribution in [0.25, 0.3) is 0 Å². The van der Waals surface area contributed by atoms with Gasteiger partial charge in [0.1, 0.15) is 6.20 Å². The number of nitro groups is 1. The molecule has 0 radical (unpaired) electrons. The van der Waals surface area contributed by atoms with E-state index in [9.17, 15) is 14.9 Å². The van der Waals surface area contributed by atoms with Crippen LogP contribution in [0.5, 0.6) is 0 Å². The van der Waals surface area contributed by atoms with Gasteiger partial charge in [0.2, 0.25) is 12.2 Å². The highest BCUT2D eigenvalue weighted by Crippen LogP contribution is 2.16. The lowest BCUT2D eigenvalue weighted by atomic mass is 10.1. The van der Waals surface area contributed by atoms with E-state index in [2.05, 4.69) is 4.98 Å². The van der Waals surface area contributed by atoms with Crippen LogP contribution in [0.1, 0.15) is 12.8 Å². The summed E-state index contributed by atoms with van der Waals surface area (Å²) in [6.45, 7) is 1.75. The minimum atomic E-state index is -0.565. The van der Waals surface area contributed by atoms with Gasteiger partial charge in [0.05, 0.1) is 0 Å². The Morgan fingerprint density at radius 2 is 2.42 bits per heavy atom. The van der Waals surface area contributed by atoms with E-state index in [0.717, 1.165) is 6.42 Å². The molecule has 0 aromatic carbocycles. The van der Waals surface area contributed by atoms with E-state index < -0.39 is 4.92 Å². The molecule has 0 spiro atoms. The molecule has 2 heterocycles. The number of hydrogen-bond donors (Lipinski definition) is 1. The van der Waals surface area contributed by atoms with Gasteiger partial charge in [-0.2, -0.15) is 0 Å².